The highest BCUT2D eigenvalue weighted by Crippen LogP contribution is 2.30. The molecule has 2 N–H and O–H groups in total. The van der Waals surface area contributed by atoms with E-state index in [1.165, 1.54) is 12.1 Å². The van der Waals surface area contributed by atoms with Gasteiger partial charge in [0.05, 0.1) is 5.69 Å². The molecule has 0 saturated carbocycles. The Morgan fingerprint density at radius 1 is 1.19 bits per heavy atom. The summed E-state index contributed by atoms with van der Waals surface area (Å²) in [4.78, 5) is 38.2. The lowest BCUT2D eigenvalue weighted by Crippen LogP contribution is -2.45. The fourth-order valence-electron chi connectivity index (χ4n) is 3.55. The molecule has 6 nitrogen and oxygen atoms in total. The maximum atomic E-state index is 14.3. The van der Waals surface area contributed by atoms with Gasteiger partial charge in [-0.25, -0.2) is 4.39 Å². The van der Waals surface area contributed by atoms with Crippen LogP contribution >= 0.6 is 0 Å². The number of rotatable bonds is 2. The monoisotopic (exact) mass is 375 g/mol. The zero-order valence-corrected chi connectivity index (χ0v) is 16.0. The number of aryl methyl sites for hydroxylation is 1. The van der Waals surface area contributed by atoms with E-state index in [4.69, 9.17) is 0 Å². The summed E-state index contributed by atoms with van der Waals surface area (Å²) in [6.45, 7) is 6.69. The largest absolute Gasteiger partial charge is 0.342 e. The molecule has 7 heteroatoms. The third-order valence-electron chi connectivity index (χ3n) is 5.14. The van der Waals surface area contributed by atoms with Crippen LogP contribution in [-0.2, 0) is 20.8 Å². The van der Waals surface area contributed by atoms with Gasteiger partial charge in [-0.05, 0) is 37.0 Å². The summed E-state index contributed by atoms with van der Waals surface area (Å²) in [5.74, 6) is -1.04. The topological polar surface area (TPSA) is 78.5 Å². The number of likely N-dealkylation sites (tertiary alicyclic amines) is 1. The average Bonchev–Trinajstić information content (AvgIpc) is 2.61. The molecule has 0 bridgehead atoms. The van der Waals surface area contributed by atoms with Gasteiger partial charge in [0.25, 0.3) is 0 Å². The van der Waals surface area contributed by atoms with Gasteiger partial charge in [0.2, 0.25) is 17.7 Å². The Bertz CT molecular complexity index is 777. The number of carbonyl (C=O) groups is 3. The first-order valence-electron chi connectivity index (χ1n) is 9.37. The minimum absolute atomic E-state index is 0.0779. The predicted molar refractivity (Wildman–Crippen MR) is 101 cm³/mol. The van der Waals surface area contributed by atoms with Crippen molar-refractivity contribution in [3.63, 3.8) is 0 Å². The molecule has 27 heavy (non-hydrogen) atoms. The number of piperidine rings is 1. The minimum atomic E-state index is -0.501. The smallest absolute Gasteiger partial charge is 0.227 e. The van der Waals surface area contributed by atoms with Gasteiger partial charge in [-0.1, -0.05) is 20.8 Å². The zero-order valence-electron chi connectivity index (χ0n) is 16.0. The Morgan fingerprint density at radius 2 is 1.85 bits per heavy atom. The van der Waals surface area contributed by atoms with Gasteiger partial charge in [0, 0.05) is 36.5 Å². The van der Waals surface area contributed by atoms with E-state index < -0.39 is 11.2 Å². The van der Waals surface area contributed by atoms with Crippen LogP contribution < -0.4 is 10.6 Å². The number of hydrogen-bond acceptors (Lipinski definition) is 3. The van der Waals surface area contributed by atoms with Crippen LogP contribution in [0.4, 0.5) is 15.8 Å². The molecular formula is C20H26FN3O3. The van der Waals surface area contributed by atoms with Crippen LogP contribution in [0.3, 0.4) is 0 Å². The van der Waals surface area contributed by atoms with Crippen LogP contribution in [0.2, 0.25) is 0 Å². The van der Waals surface area contributed by atoms with Crippen molar-refractivity contribution < 1.29 is 18.8 Å². The van der Waals surface area contributed by atoms with Gasteiger partial charge in [0.1, 0.15) is 5.82 Å². The molecule has 0 aliphatic carbocycles. The molecule has 0 aromatic heterocycles. The van der Waals surface area contributed by atoms with Crippen molar-refractivity contribution in [2.24, 2.45) is 11.3 Å². The van der Waals surface area contributed by atoms with Crippen molar-refractivity contribution >= 4 is 29.1 Å². The highest BCUT2D eigenvalue weighted by atomic mass is 19.1. The van der Waals surface area contributed by atoms with Gasteiger partial charge in [-0.2, -0.15) is 0 Å². The molecule has 1 fully saturated rings. The molecule has 1 saturated heterocycles. The van der Waals surface area contributed by atoms with Crippen LogP contribution in [-0.4, -0.2) is 35.7 Å². The van der Waals surface area contributed by atoms with E-state index in [0.717, 1.165) is 5.56 Å². The molecular weight excluding hydrogens is 349 g/mol. The number of benzene rings is 1. The number of halogens is 1. The van der Waals surface area contributed by atoms with Crippen molar-refractivity contribution in [1.29, 1.82) is 0 Å². The lowest BCUT2D eigenvalue weighted by atomic mass is 9.90. The van der Waals surface area contributed by atoms with Crippen molar-refractivity contribution in [2.45, 2.75) is 46.5 Å². The summed E-state index contributed by atoms with van der Waals surface area (Å²) in [6, 6.07) is 2.85. The van der Waals surface area contributed by atoms with Crippen LogP contribution in [0.15, 0.2) is 12.1 Å². The standard InChI is InChI=1S/C20H26FN3O3/c1-20(2,3)19(27)24-8-6-12(7-9-24)18(26)23-16-11-15-13(10-14(16)21)4-5-17(25)22-15/h10-12H,4-9H2,1-3H3,(H,22,25)(H,23,26). The van der Waals surface area contributed by atoms with E-state index in [0.29, 0.717) is 44.5 Å². The molecule has 0 unspecified atom stereocenters. The maximum Gasteiger partial charge on any atom is 0.227 e. The fraction of sp³-hybridized carbons (Fsp3) is 0.550. The Hall–Kier alpha value is -2.44. The highest BCUT2D eigenvalue weighted by molar-refractivity contribution is 5.97. The van der Waals surface area contributed by atoms with E-state index in [-0.39, 0.29) is 29.3 Å². The lowest BCUT2D eigenvalue weighted by Gasteiger charge is -2.35. The molecule has 2 aliphatic heterocycles. The summed E-state index contributed by atoms with van der Waals surface area (Å²) < 4.78 is 14.3. The second kappa shape index (κ2) is 7.29. The summed E-state index contributed by atoms with van der Waals surface area (Å²) in [6.07, 6.45) is 1.94. The SMILES string of the molecule is CC(C)(C)C(=O)N1CCC(C(=O)Nc2cc3c(cc2F)CCC(=O)N3)CC1. The molecule has 2 heterocycles. The van der Waals surface area contributed by atoms with Gasteiger partial charge >= 0.3 is 0 Å². The molecule has 0 radical (unpaired) electrons. The summed E-state index contributed by atoms with van der Waals surface area (Å²) >= 11 is 0. The van der Waals surface area contributed by atoms with E-state index in [2.05, 4.69) is 10.6 Å². The number of fused-ring (bicyclic) bond motifs is 1. The van der Waals surface area contributed by atoms with Crippen molar-refractivity contribution in [2.75, 3.05) is 23.7 Å². The summed E-state index contributed by atoms with van der Waals surface area (Å²) in [5.41, 5.74) is 0.924. The molecule has 1 aromatic carbocycles. The first kappa shape index (κ1) is 19.3. The first-order chi connectivity index (χ1) is 12.6. The van der Waals surface area contributed by atoms with E-state index in [9.17, 15) is 18.8 Å². The molecule has 1 aromatic rings. The lowest BCUT2D eigenvalue weighted by molar-refractivity contribution is -0.142. The third-order valence-corrected chi connectivity index (χ3v) is 5.14. The van der Waals surface area contributed by atoms with Gasteiger partial charge < -0.3 is 15.5 Å². The minimum Gasteiger partial charge on any atom is -0.342 e. The van der Waals surface area contributed by atoms with Crippen LogP contribution in [0.5, 0.6) is 0 Å². The van der Waals surface area contributed by atoms with Crippen LogP contribution in [0.25, 0.3) is 0 Å². The van der Waals surface area contributed by atoms with Gasteiger partial charge in [0.15, 0.2) is 0 Å². The quantitative estimate of drug-likeness (QED) is 0.834. The van der Waals surface area contributed by atoms with Gasteiger partial charge in [-0.15, -0.1) is 0 Å². The number of nitrogens with zero attached hydrogens (tertiary/aromatic N) is 1. The average molecular weight is 375 g/mol. The Kier molecular flexibility index (Phi) is 5.22. The Balaban J connectivity index is 1.63. The van der Waals surface area contributed by atoms with Gasteiger partial charge in [-0.3, -0.25) is 14.4 Å². The fourth-order valence-corrected chi connectivity index (χ4v) is 3.55. The Labute approximate surface area is 158 Å². The summed E-state index contributed by atoms with van der Waals surface area (Å²) in [7, 11) is 0. The molecule has 2 aliphatic rings. The first-order valence-corrected chi connectivity index (χ1v) is 9.37. The molecule has 0 spiro atoms. The van der Waals surface area contributed by atoms with Crippen LogP contribution in [0, 0.1) is 17.2 Å². The van der Waals surface area contributed by atoms with Crippen molar-refractivity contribution in [1.82, 2.24) is 4.90 Å². The van der Waals surface area contributed by atoms with E-state index >= 15 is 0 Å². The molecule has 146 valence electrons. The second-order valence-electron chi connectivity index (χ2n) is 8.34. The normalized spacial score (nSPS) is 17.9. The highest BCUT2D eigenvalue weighted by Gasteiger charge is 2.32. The number of anilines is 2. The number of hydrogen-bond donors (Lipinski definition) is 2. The molecule has 3 rings (SSSR count). The number of nitrogens with one attached hydrogen (secondary N) is 2. The van der Waals surface area contributed by atoms with Crippen LogP contribution in [0.1, 0.15) is 45.6 Å². The predicted octanol–water partition coefficient (Wildman–Crippen LogP) is 2.93. The Morgan fingerprint density at radius 3 is 2.48 bits per heavy atom. The zero-order chi connectivity index (χ0) is 19.8. The maximum absolute atomic E-state index is 14.3. The van der Waals surface area contributed by atoms with Crippen molar-refractivity contribution in [3.05, 3.63) is 23.5 Å². The second-order valence-corrected chi connectivity index (χ2v) is 8.34. The number of amides is 3. The molecule has 0 atom stereocenters. The van der Waals surface area contributed by atoms with E-state index in [1.54, 1.807) is 4.90 Å². The van der Waals surface area contributed by atoms with E-state index in [1.807, 2.05) is 20.8 Å². The summed E-state index contributed by atoms with van der Waals surface area (Å²) in [5, 5.41) is 5.36. The molecule has 3 amide bonds. The van der Waals surface area contributed by atoms with Crippen molar-refractivity contribution in [3.8, 4) is 0 Å². The third kappa shape index (κ3) is 4.28. The number of carbonyl (C=O) groups excluding carboxylic acids is 3.